The van der Waals surface area contributed by atoms with Crippen LogP contribution in [-0.4, -0.2) is 39.3 Å². The van der Waals surface area contributed by atoms with Crippen LogP contribution in [-0.2, 0) is 4.79 Å². The molecule has 1 aliphatic carbocycles. The predicted molar refractivity (Wildman–Crippen MR) is 114 cm³/mol. The van der Waals surface area contributed by atoms with E-state index in [0.717, 1.165) is 42.0 Å². The number of amides is 1. The molecule has 0 bridgehead atoms. The lowest BCUT2D eigenvalue weighted by Crippen LogP contribution is -2.40. The third-order valence-corrected chi connectivity index (χ3v) is 6.62. The van der Waals surface area contributed by atoms with Gasteiger partial charge in [-0.15, -0.1) is 10.2 Å². The molecule has 0 spiro atoms. The number of carbonyl (C=O) groups is 1. The summed E-state index contributed by atoms with van der Waals surface area (Å²) < 4.78 is 5.43. The lowest BCUT2D eigenvalue weighted by atomic mass is 9.94. The van der Waals surface area contributed by atoms with Crippen molar-refractivity contribution in [2.75, 3.05) is 7.11 Å². The molecule has 1 aliphatic heterocycles. The first-order valence-corrected chi connectivity index (χ1v) is 11.0. The Bertz CT molecular complexity index is 932. The Labute approximate surface area is 172 Å². The fourth-order valence-corrected chi connectivity index (χ4v) is 5.21. The largest absolute Gasteiger partial charge is 0.496 e. The quantitative estimate of drug-likeness (QED) is 0.673. The van der Waals surface area contributed by atoms with Gasteiger partial charge in [0.05, 0.1) is 12.0 Å². The van der Waals surface area contributed by atoms with Gasteiger partial charge in [-0.3, -0.25) is 9.69 Å². The van der Waals surface area contributed by atoms with Gasteiger partial charge in [0, 0.05) is 11.6 Å². The number of nitrogens with zero attached hydrogens (tertiary/aromatic N) is 4. The molecule has 0 radical (unpaired) electrons. The number of methoxy groups -OCH3 is 1. The highest BCUT2D eigenvalue weighted by molar-refractivity contribution is 8.18. The number of rotatable bonds is 4. The zero-order valence-corrected chi connectivity index (χ0v) is 17.6. The van der Waals surface area contributed by atoms with E-state index in [2.05, 4.69) is 15.2 Å². The molecule has 0 unspecified atom stereocenters. The molecule has 1 amide bonds. The van der Waals surface area contributed by atoms with E-state index in [1.807, 2.05) is 42.2 Å². The Morgan fingerprint density at radius 2 is 2.00 bits per heavy atom. The van der Waals surface area contributed by atoms with Gasteiger partial charge in [-0.25, -0.2) is 0 Å². The van der Waals surface area contributed by atoms with Gasteiger partial charge < -0.3 is 4.74 Å². The van der Waals surface area contributed by atoms with Crippen LogP contribution in [0.3, 0.4) is 0 Å². The predicted octanol–water partition coefficient (Wildman–Crippen LogP) is 4.79. The summed E-state index contributed by atoms with van der Waals surface area (Å²) in [6.45, 7) is 1.90. The SMILES string of the molecule is COc1ccccc1/C=C1\S/C(=N/c2nnc(C)s2)N(C2CCCCC2)C1=O. The van der Waals surface area contributed by atoms with Crippen LogP contribution >= 0.6 is 23.1 Å². The highest BCUT2D eigenvalue weighted by Crippen LogP contribution is 2.39. The Balaban J connectivity index is 1.71. The van der Waals surface area contributed by atoms with E-state index in [1.165, 1.54) is 29.5 Å². The third-order valence-electron chi connectivity index (χ3n) is 4.91. The van der Waals surface area contributed by atoms with E-state index in [9.17, 15) is 4.79 Å². The molecule has 2 heterocycles. The van der Waals surface area contributed by atoms with Crippen LogP contribution in [0.2, 0.25) is 0 Å². The molecule has 4 rings (SSSR count). The van der Waals surface area contributed by atoms with Crippen LogP contribution in [0.15, 0.2) is 34.2 Å². The number of thioether (sulfide) groups is 1. The molecule has 6 nitrogen and oxygen atoms in total. The van der Waals surface area contributed by atoms with E-state index in [-0.39, 0.29) is 11.9 Å². The second-order valence-electron chi connectivity index (χ2n) is 6.82. The van der Waals surface area contributed by atoms with Gasteiger partial charge in [-0.05, 0) is 43.7 Å². The summed E-state index contributed by atoms with van der Waals surface area (Å²) in [6.07, 6.45) is 7.46. The van der Waals surface area contributed by atoms with Gasteiger partial charge in [0.15, 0.2) is 5.17 Å². The third kappa shape index (κ3) is 3.98. The molecule has 1 aromatic heterocycles. The minimum absolute atomic E-state index is 0.0165. The molecular weight excluding hydrogens is 392 g/mol. The lowest BCUT2D eigenvalue weighted by Gasteiger charge is -2.30. The van der Waals surface area contributed by atoms with Crippen molar-refractivity contribution >= 4 is 45.4 Å². The topological polar surface area (TPSA) is 67.7 Å². The van der Waals surface area contributed by atoms with E-state index in [4.69, 9.17) is 4.74 Å². The smallest absolute Gasteiger partial charge is 0.267 e. The fraction of sp³-hybridized carbons (Fsp3) is 0.400. The van der Waals surface area contributed by atoms with E-state index < -0.39 is 0 Å². The molecule has 0 atom stereocenters. The minimum atomic E-state index is 0.0165. The Morgan fingerprint density at radius 3 is 2.71 bits per heavy atom. The monoisotopic (exact) mass is 414 g/mol. The number of aromatic nitrogens is 2. The van der Waals surface area contributed by atoms with Gasteiger partial charge in [0.25, 0.3) is 5.91 Å². The summed E-state index contributed by atoms with van der Waals surface area (Å²) in [5.41, 5.74) is 0.887. The standard InChI is InChI=1S/C20H22N4O2S2/c1-13-22-23-19(27-13)21-20-24(15-9-4-3-5-10-15)18(25)17(28-20)12-14-8-6-7-11-16(14)26-2/h6-8,11-12,15H,3-5,9-10H2,1-2H3/b17-12-,21-20+. The van der Waals surface area contributed by atoms with Gasteiger partial charge in [-0.1, -0.05) is 48.8 Å². The Morgan fingerprint density at radius 1 is 1.21 bits per heavy atom. The molecule has 2 aromatic rings. The average molecular weight is 415 g/mol. The number of aryl methyl sites for hydroxylation is 1. The minimum Gasteiger partial charge on any atom is -0.496 e. The number of amidine groups is 1. The van der Waals surface area contributed by atoms with Crippen molar-refractivity contribution in [3.63, 3.8) is 0 Å². The van der Waals surface area contributed by atoms with Crippen LogP contribution in [0.4, 0.5) is 5.13 Å². The van der Waals surface area contributed by atoms with Crippen molar-refractivity contribution in [1.29, 1.82) is 0 Å². The van der Waals surface area contributed by atoms with Crippen molar-refractivity contribution in [1.82, 2.24) is 15.1 Å². The summed E-state index contributed by atoms with van der Waals surface area (Å²) in [5, 5.41) is 10.3. The molecule has 2 fully saturated rings. The van der Waals surface area contributed by atoms with Gasteiger partial charge in [-0.2, -0.15) is 4.99 Å². The summed E-state index contributed by atoms with van der Waals surface area (Å²) in [7, 11) is 1.64. The first-order valence-electron chi connectivity index (χ1n) is 9.40. The molecule has 2 aliphatic rings. The van der Waals surface area contributed by atoms with Gasteiger partial charge in [0.1, 0.15) is 10.8 Å². The van der Waals surface area contributed by atoms with Crippen LogP contribution in [0.25, 0.3) is 6.08 Å². The second kappa shape index (κ2) is 8.45. The van der Waals surface area contributed by atoms with Crippen molar-refractivity contribution in [2.45, 2.75) is 45.1 Å². The number of aliphatic imine (C=N–C) groups is 1. The molecule has 146 valence electrons. The number of hydrogen-bond donors (Lipinski definition) is 0. The van der Waals surface area contributed by atoms with Crippen molar-refractivity contribution in [2.24, 2.45) is 4.99 Å². The van der Waals surface area contributed by atoms with Crippen LogP contribution < -0.4 is 4.74 Å². The zero-order chi connectivity index (χ0) is 19.5. The molecule has 0 N–H and O–H groups in total. The number of hydrogen-bond acceptors (Lipinski definition) is 7. The summed E-state index contributed by atoms with van der Waals surface area (Å²) in [6, 6.07) is 7.91. The number of para-hydroxylation sites is 1. The lowest BCUT2D eigenvalue weighted by molar-refractivity contribution is -0.124. The zero-order valence-electron chi connectivity index (χ0n) is 15.9. The second-order valence-corrected chi connectivity index (χ2v) is 8.99. The molecule has 28 heavy (non-hydrogen) atoms. The van der Waals surface area contributed by atoms with Crippen LogP contribution in [0.1, 0.15) is 42.7 Å². The van der Waals surface area contributed by atoms with Gasteiger partial charge >= 0.3 is 0 Å². The molecule has 1 aromatic carbocycles. The summed E-state index contributed by atoms with van der Waals surface area (Å²) in [5.74, 6) is 0.764. The summed E-state index contributed by atoms with van der Waals surface area (Å²) in [4.78, 5) is 20.5. The Kier molecular flexibility index (Phi) is 5.77. The first kappa shape index (κ1) is 19.1. The molecular formula is C20H22N4O2S2. The fourth-order valence-electron chi connectivity index (χ4n) is 3.57. The first-order chi connectivity index (χ1) is 13.7. The normalized spacial score (nSPS) is 21.1. The van der Waals surface area contributed by atoms with E-state index in [1.54, 1.807) is 7.11 Å². The maximum atomic E-state index is 13.3. The summed E-state index contributed by atoms with van der Waals surface area (Å²) >= 11 is 2.84. The highest BCUT2D eigenvalue weighted by atomic mass is 32.2. The Hall–Kier alpha value is -2.19. The van der Waals surface area contributed by atoms with Crippen molar-refractivity contribution < 1.29 is 9.53 Å². The molecule has 1 saturated carbocycles. The van der Waals surface area contributed by atoms with E-state index in [0.29, 0.717) is 15.2 Å². The van der Waals surface area contributed by atoms with E-state index >= 15 is 0 Å². The maximum absolute atomic E-state index is 13.3. The maximum Gasteiger partial charge on any atom is 0.267 e. The van der Waals surface area contributed by atoms with Crippen LogP contribution in [0.5, 0.6) is 5.75 Å². The van der Waals surface area contributed by atoms with Crippen LogP contribution in [0, 0.1) is 6.92 Å². The number of carbonyl (C=O) groups excluding carboxylic acids is 1. The number of ether oxygens (including phenoxy) is 1. The van der Waals surface area contributed by atoms with Gasteiger partial charge in [0.2, 0.25) is 5.13 Å². The molecule has 1 saturated heterocycles. The van der Waals surface area contributed by atoms with Crippen molar-refractivity contribution in [3.8, 4) is 5.75 Å². The average Bonchev–Trinajstić information content (AvgIpc) is 3.26. The highest BCUT2D eigenvalue weighted by Gasteiger charge is 2.39. The molecule has 8 heteroatoms. The van der Waals surface area contributed by atoms with Crippen molar-refractivity contribution in [3.05, 3.63) is 39.7 Å². The number of benzene rings is 1.